The maximum absolute atomic E-state index is 13.9. The summed E-state index contributed by atoms with van der Waals surface area (Å²) in [6, 6.07) is 14.4. The number of aliphatic carboxylic acids is 1. The fourth-order valence-electron chi connectivity index (χ4n) is 4.89. The monoisotopic (exact) mass is 666 g/mol. The quantitative estimate of drug-likeness (QED) is 0.151. The summed E-state index contributed by atoms with van der Waals surface area (Å²) in [6.45, 7) is 7.10. The first-order chi connectivity index (χ1) is 20.9. The van der Waals surface area contributed by atoms with Gasteiger partial charge in [-0.3, -0.25) is 0 Å². The smallest absolute Gasteiger partial charge is 0.416 e. The number of sulfonamides is 1. The Morgan fingerprint density at radius 2 is 1.78 bits per heavy atom. The lowest BCUT2D eigenvalue weighted by atomic mass is 9.95. The number of likely N-dealkylation sites (N-methyl/N-ethyl adjacent to an activating group) is 1. The average Bonchev–Trinajstić information content (AvgIpc) is 3.34. The fourth-order valence-corrected chi connectivity index (χ4v) is 7.30. The molecule has 0 aliphatic heterocycles. The molecule has 0 aliphatic carbocycles. The van der Waals surface area contributed by atoms with E-state index in [0.29, 0.717) is 21.4 Å². The van der Waals surface area contributed by atoms with E-state index in [2.05, 4.69) is 17.4 Å². The molecule has 0 aliphatic rings. The predicted molar refractivity (Wildman–Crippen MR) is 173 cm³/mol. The number of β-amino-alcohol motifs (C(OH)–C–C–N with tert-alkyl or cyclic N) is 1. The summed E-state index contributed by atoms with van der Waals surface area (Å²) >= 11 is 1.08. The minimum absolute atomic E-state index is 0.0480. The molecule has 246 valence electrons. The van der Waals surface area contributed by atoms with Crippen LogP contribution in [0.3, 0.4) is 0 Å². The SMILES string of the molecule is CCC(=Cc1cc(C)c(-c2cc(C(F)(F)F)cc(S(=O)(=O)N(C)CC(O)CNC(C)(C)CCCc3ccccc3)c2)s1)C(=O)O. The molecule has 1 unspecified atom stereocenters. The molecular formula is C33H41F3N2O5S2. The minimum atomic E-state index is -4.82. The first-order valence-electron chi connectivity index (χ1n) is 14.6. The van der Waals surface area contributed by atoms with Crippen LogP contribution in [0.2, 0.25) is 0 Å². The van der Waals surface area contributed by atoms with E-state index in [9.17, 15) is 36.6 Å². The van der Waals surface area contributed by atoms with Crippen molar-refractivity contribution in [2.24, 2.45) is 0 Å². The Morgan fingerprint density at radius 1 is 1.11 bits per heavy atom. The van der Waals surface area contributed by atoms with Crippen molar-refractivity contribution in [1.82, 2.24) is 9.62 Å². The molecule has 0 radical (unpaired) electrons. The van der Waals surface area contributed by atoms with Crippen molar-refractivity contribution in [2.45, 2.75) is 76.1 Å². The molecule has 1 aromatic heterocycles. The van der Waals surface area contributed by atoms with Crippen LogP contribution in [-0.2, 0) is 27.4 Å². The summed E-state index contributed by atoms with van der Waals surface area (Å²) in [6.07, 6.45) is -1.59. The summed E-state index contributed by atoms with van der Waals surface area (Å²) in [5.74, 6) is -1.09. The van der Waals surface area contributed by atoms with Crippen LogP contribution in [0, 0.1) is 6.92 Å². The van der Waals surface area contributed by atoms with Crippen molar-refractivity contribution in [3.05, 3.63) is 81.7 Å². The number of aliphatic hydroxyl groups is 1. The van der Waals surface area contributed by atoms with Crippen LogP contribution in [0.15, 0.2) is 65.1 Å². The van der Waals surface area contributed by atoms with Gasteiger partial charge in [-0.1, -0.05) is 37.3 Å². The molecule has 3 aromatic rings. The summed E-state index contributed by atoms with van der Waals surface area (Å²) in [4.78, 5) is 11.8. The highest BCUT2D eigenvalue weighted by Gasteiger charge is 2.34. The molecule has 1 atom stereocenters. The number of aryl methyl sites for hydroxylation is 2. The molecule has 0 fully saturated rings. The van der Waals surface area contributed by atoms with Gasteiger partial charge in [-0.2, -0.15) is 17.5 Å². The number of nitrogens with one attached hydrogen (secondary N) is 1. The third kappa shape index (κ3) is 10.2. The number of hydrogen-bond donors (Lipinski definition) is 3. The summed E-state index contributed by atoms with van der Waals surface area (Å²) in [5.41, 5.74) is 0.533. The second-order valence-electron chi connectivity index (χ2n) is 11.8. The lowest BCUT2D eigenvalue weighted by molar-refractivity contribution is -0.137. The van der Waals surface area contributed by atoms with Crippen LogP contribution < -0.4 is 5.32 Å². The van der Waals surface area contributed by atoms with Crippen molar-refractivity contribution >= 4 is 33.4 Å². The zero-order valence-corrected chi connectivity index (χ0v) is 27.7. The summed E-state index contributed by atoms with van der Waals surface area (Å²) in [7, 11) is -3.20. The van der Waals surface area contributed by atoms with Gasteiger partial charge in [0.25, 0.3) is 0 Å². The minimum Gasteiger partial charge on any atom is -0.478 e. The molecule has 3 N–H and O–H groups in total. The molecule has 0 bridgehead atoms. The third-order valence-electron chi connectivity index (χ3n) is 7.51. The number of hydrogen-bond acceptors (Lipinski definition) is 6. The van der Waals surface area contributed by atoms with Gasteiger partial charge in [0.1, 0.15) is 0 Å². The van der Waals surface area contributed by atoms with E-state index in [0.717, 1.165) is 41.0 Å². The molecule has 0 saturated heterocycles. The lowest BCUT2D eigenvalue weighted by Crippen LogP contribution is -2.46. The Kier molecular flexibility index (Phi) is 12.2. The molecule has 45 heavy (non-hydrogen) atoms. The van der Waals surface area contributed by atoms with E-state index in [1.165, 1.54) is 24.8 Å². The largest absolute Gasteiger partial charge is 0.478 e. The van der Waals surface area contributed by atoms with Gasteiger partial charge in [0.15, 0.2) is 0 Å². The van der Waals surface area contributed by atoms with Crippen molar-refractivity contribution in [3.63, 3.8) is 0 Å². The first-order valence-corrected chi connectivity index (χ1v) is 16.9. The zero-order chi connectivity index (χ0) is 33.6. The number of alkyl halides is 3. The molecule has 1 heterocycles. The Hall–Kier alpha value is -3.03. The number of benzene rings is 2. The number of halogens is 3. The van der Waals surface area contributed by atoms with Crippen LogP contribution in [0.25, 0.3) is 16.5 Å². The molecular weight excluding hydrogens is 626 g/mol. The number of carboxylic acid groups (broad SMARTS) is 1. The second kappa shape index (κ2) is 15.0. The van der Waals surface area contributed by atoms with Gasteiger partial charge in [0, 0.05) is 41.0 Å². The Labute approximate surface area is 267 Å². The lowest BCUT2D eigenvalue weighted by Gasteiger charge is -2.29. The van der Waals surface area contributed by atoms with Gasteiger partial charge in [0.2, 0.25) is 10.0 Å². The van der Waals surface area contributed by atoms with E-state index in [1.807, 2.05) is 32.0 Å². The normalized spacial score (nSPS) is 13.8. The molecule has 2 aromatic carbocycles. The van der Waals surface area contributed by atoms with Crippen LogP contribution in [0.1, 0.15) is 61.6 Å². The number of carbonyl (C=O) groups is 1. The topological polar surface area (TPSA) is 107 Å². The predicted octanol–water partition coefficient (Wildman–Crippen LogP) is 6.99. The third-order valence-corrected chi connectivity index (χ3v) is 10.5. The maximum Gasteiger partial charge on any atom is 0.416 e. The number of rotatable bonds is 15. The molecule has 7 nitrogen and oxygen atoms in total. The molecule has 12 heteroatoms. The zero-order valence-electron chi connectivity index (χ0n) is 26.1. The number of aliphatic hydroxyl groups excluding tert-OH is 1. The number of nitrogens with zero attached hydrogens (tertiary/aromatic N) is 1. The standard InChI is InChI=1S/C33H41F3N2O5S2/c1-6-24(31(40)41)17-28-15-22(2)30(44-28)25-16-26(33(34,35)36)19-29(18-25)45(42,43)38(5)21-27(39)20-37-32(3,4)14-10-13-23-11-8-7-9-12-23/h7-9,11-12,15-19,27,37,39H,6,10,13-14,20-21H2,1-5H3,(H,40,41). The van der Waals surface area contributed by atoms with E-state index in [4.69, 9.17) is 0 Å². The van der Waals surface area contributed by atoms with Gasteiger partial charge in [0.05, 0.1) is 16.6 Å². The van der Waals surface area contributed by atoms with Gasteiger partial charge >= 0.3 is 12.1 Å². The van der Waals surface area contributed by atoms with E-state index >= 15 is 0 Å². The first kappa shape index (κ1) is 36.4. The molecule has 3 rings (SSSR count). The highest BCUT2D eigenvalue weighted by molar-refractivity contribution is 7.89. The highest BCUT2D eigenvalue weighted by atomic mass is 32.2. The van der Waals surface area contributed by atoms with Gasteiger partial charge in [-0.25, -0.2) is 13.2 Å². The number of thiophene rings is 1. The van der Waals surface area contributed by atoms with E-state index < -0.39 is 38.7 Å². The molecule has 0 spiro atoms. The van der Waals surface area contributed by atoms with Gasteiger partial charge in [-0.05, 0) is 93.5 Å². The van der Waals surface area contributed by atoms with E-state index in [1.54, 1.807) is 19.9 Å². The molecule has 0 saturated carbocycles. The fraction of sp³-hybridized carbons (Fsp3) is 0.424. The van der Waals surface area contributed by atoms with E-state index in [-0.39, 0.29) is 36.2 Å². The Morgan fingerprint density at radius 3 is 2.38 bits per heavy atom. The maximum atomic E-state index is 13.9. The van der Waals surface area contributed by atoms with Crippen LogP contribution in [-0.4, -0.2) is 60.7 Å². The van der Waals surface area contributed by atoms with Gasteiger partial charge in [-0.15, -0.1) is 11.3 Å². The average molecular weight is 667 g/mol. The summed E-state index contributed by atoms with van der Waals surface area (Å²) in [5, 5.41) is 23.3. The van der Waals surface area contributed by atoms with Crippen molar-refractivity contribution < 1.29 is 36.6 Å². The Balaban J connectivity index is 1.78. The van der Waals surface area contributed by atoms with Gasteiger partial charge < -0.3 is 15.5 Å². The number of carboxylic acids is 1. The van der Waals surface area contributed by atoms with Crippen molar-refractivity contribution in [3.8, 4) is 10.4 Å². The Bertz CT molecular complexity index is 1600. The van der Waals surface area contributed by atoms with Crippen LogP contribution in [0.4, 0.5) is 13.2 Å². The second-order valence-corrected chi connectivity index (χ2v) is 14.9. The van der Waals surface area contributed by atoms with Crippen molar-refractivity contribution in [1.29, 1.82) is 0 Å². The molecule has 0 amide bonds. The van der Waals surface area contributed by atoms with Crippen molar-refractivity contribution in [2.75, 3.05) is 20.1 Å². The highest BCUT2D eigenvalue weighted by Crippen LogP contribution is 2.39. The van der Waals surface area contributed by atoms with Crippen LogP contribution in [0.5, 0.6) is 0 Å². The van der Waals surface area contributed by atoms with Crippen LogP contribution >= 0.6 is 11.3 Å². The summed E-state index contributed by atoms with van der Waals surface area (Å²) < 4.78 is 69.7.